The average Bonchev–Trinajstić information content (AvgIpc) is 3.17. The molecule has 0 spiro atoms. The van der Waals surface area contributed by atoms with Crippen molar-refractivity contribution in [2.45, 2.75) is 19.4 Å². The third-order valence-electron chi connectivity index (χ3n) is 3.91. The summed E-state index contributed by atoms with van der Waals surface area (Å²) < 4.78 is 11.6. The second-order valence-corrected chi connectivity index (χ2v) is 7.20. The van der Waals surface area contributed by atoms with E-state index in [-0.39, 0.29) is 0 Å². The van der Waals surface area contributed by atoms with E-state index in [9.17, 15) is 0 Å². The molecule has 0 aliphatic rings. The predicted octanol–water partition coefficient (Wildman–Crippen LogP) is 4.00. The molecule has 5 nitrogen and oxygen atoms in total. The summed E-state index contributed by atoms with van der Waals surface area (Å²) in [5, 5.41) is 11.0. The van der Waals surface area contributed by atoms with E-state index >= 15 is 0 Å². The number of thiophene rings is 1. The first-order valence-corrected chi connectivity index (χ1v) is 9.69. The van der Waals surface area contributed by atoms with E-state index in [1.165, 1.54) is 5.56 Å². The Hall–Kier alpha value is -1.73. The number of rotatable bonds is 7. The van der Waals surface area contributed by atoms with Crippen LogP contribution >= 0.6 is 27.3 Å². The Morgan fingerprint density at radius 2 is 1.96 bits per heavy atom. The molecule has 1 atom stereocenters. The molecule has 2 rings (SSSR count). The van der Waals surface area contributed by atoms with Crippen LogP contribution in [0, 0.1) is 0 Å². The molecule has 0 amide bonds. The summed E-state index contributed by atoms with van der Waals surface area (Å²) in [5.74, 6) is 2.60. The highest BCUT2D eigenvalue weighted by Gasteiger charge is 2.11. The maximum Gasteiger partial charge on any atom is 0.191 e. The first-order chi connectivity index (χ1) is 12.1. The molecular weight excluding hydrogens is 402 g/mol. The van der Waals surface area contributed by atoms with Gasteiger partial charge in [-0.25, -0.2) is 0 Å². The van der Waals surface area contributed by atoms with Crippen molar-refractivity contribution in [1.82, 2.24) is 10.6 Å². The maximum atomic E-state index is 5.37. The zero-order valence-electron chi connectivity index (χ0n) is 14.9. The van der Waals surface area contributed by atoms with E-state index in [2.05, 4.69) is 55.3 Å². The Balaban J connectivity index is 1.94. The number of halogens is 1. The van der Waals surface area contributed by atoms with Gasteiger partial charge in [0.15, 0.2) is 17.5 Å². The van der Waals surface area contributed by atoms with Crippen LogP contribution in [-0.2, 0) is 6.54 Å². The van der Waals surface area contributed by atoms with Gasteiger partial charge in [-0.1, -0.05) is 22.9 Å². The number of hydrogen-bond donors (Lipinski definition) is 2. The van der Waals surface area contributed by atoms with Crippen LogP contribution in [0.1, 0.15) is 24.0 Å². The zero-order chi connectivity index (χ0) is 18.2. The molecule has 1 heterocycles. The molecule has 7 heteroatoms. The lowest BCUT2D eigenvalue weighted by atomic mass is 10.1. The van der Waals surface area contributed by atoms with Gasteiger partial charge >= 0.3 is 0 Å². The van der Waals surface area contributed by atoms with E-state index in [4.69, 9.17) is 9.47 Å². The fourth-order valence-corrected chi connectivity index (χ4v) is 3.60. The Morgan fingerprint density at radius 3 is 2.56 bits per heavy atom. The number of guanidine groups is 1. The number of benzene rings is 1. The molecule has 0 fully saturated rings. The van der Waals surface area contributed by atoms with E-state index in [0.29, 0.717) is 24.0 Å². The highest BCUT2D eigenvalue weighted by Crippen LogP contribution is 2.33. The van der Waals surface area contributed by atoms with Crippen LogP contribution in [0.25, 0.3) is 0 Å². The molecule has 0 saturated heterocycles. The topological polar surface area (TPSA) is 54.9 Å². The Labute approximate surface area is 161 Å². The summed E-state index contributed by atoms with van der Waals surface area (Å²) in [6, 6.07) is 6.02. The third-order valence-corrected chi connectivity index (χ3v) is 5.35. The number of nitrogens with zero attached hydrogens (tertiary/aromatic N) is 1. The minimum absolute atomic E-state index is 0.428. The van der Waals surface area contributed by atoms with Gasteiger partial charge in [-0.2, -0.15) is 11.3 Å². The number of ether oxygens (including phenoxy) is 2. The number of aliphatic imine (C=N–C) groups is 1. The molecule has 25 heavy (non-hydrogen) atoms. The fraction of sp³-hybridized carbons (Fsp3) is 0.389. The standard InChI is InChI=1S/C18H24BrN3O2S/c1-12(13-5-6-25-11-13)9-21-18(20-2)22-10-14-7-16(23-3)17(24-4)8-15(14)19/h5-8,11-12H,9-10H2,1-4H3,(H2,20,21,22). The van der Waals surface area contributed by atoms with Crippen molar-refractivity contribution in [2.24, 2.45) is 4.99 Å². The van der Waals surface area contributed by atoms with E-state index in [0.717, 1.165) is 22.5 Å². The maximum absolute atomic E-state index is 5.37. The van der Waals surface area contributed by atoms with Crippen LogP contribution in [-0.4, -0.2) is 33.8 Å². The van der Waals surface area contributed by atoms with Crippen LogP contribution in [0.15, 0.2) is 38.4 Å². The van der Waals surface area contributed by atoms with Crippen molar-refractivity contribution in [3.8, 4) is 11.5 Å². The molecule has 0 radical (unpaired) electrons. The van der Waals surface area contributed by atoms with Crippen molar-refractivity contribution < 1.29 is 9.47 Å². The summed E-state index contributed by atoms with van der Waals surface area (Å²) >= 11 is 5.30. The van der Waals surface area contributed by atoms with Gasteiger partial charge in [0.1, 0.15) is 0 Å². The molecule has 1 aromatic carbocycles. The van der Waals surface area contributed by atoms with Crippen molar-refractivity contribution >= 4 is 33.2 Å². The predicted molar refractivity (Wildman–Crippen MR) is 108 cm³/mol. The van der Waals surface area contributed by atoms with Gasteiger partial charge in [-0.05, 0) is 46.0 Å². The molecule has 2 N–H and O–H groups in total. The molecular formula is C18H24BrN3O2S. The normalized spacial score (nSPS) is 12.6. The van der Waals surface area contributed by atoms with Gasteiger partial charge in [0.25, 0.3) is 0 Å². The number of methoxy groups -OCH3 is 2. The van der Waals surface area contributed by atoms with Crippen molar-refractivity contribution in [1.29, 1.82) is 0 Å². The minimum Gasteiger partial charge on any atom is -0.493 e. The zero-order valence-corrected chi connectivity index (χ0v) is 17.3. The summed E-state index contributed by atoms with van der Waals surface area (Å²) in [7, 11) is 5.03. The van der Waals surface area contributed by atoms with E-state index in [1.807, 2.05) is 12.1 Å². The van der Waals surface area contributed by atoms with E-state index in [1.54, 1.807) is 32.6 Å². The van der Waals surface area contributed by atoms with Crippen LogP contribution < -0.4 is 20.1 Å². The summed E-state index contributed by atoms with van der Waals surface area (Å²) in [6.07, 6.45) is 0. The minimum atomic E-state index is 0.428. The first-order valence-electron chi connectivity index (χ1n) is 7.96. The Bertz CT molecular complexity index is 705. The molecule has 1 unspecified atom stereocenters. The second-order valence-electron chi connectivity index (χ2n) is 5.56. The quantitative estimate of drug-likeness (QED) is 0.519. The van der Waals surface area contributed by atoms with Crippen LogP contribution in [0.5, 0.6) is 11.5 Å². The summed E-state index contributed by atoms with van der Waals surface area (Å²) in [4.78, 5) is 4.29. The Morgan fingerprint density at radius 1 is 1.24 bits per heavy atom. The Kier molecular flexibility index (Phi) is 7.58. The lowest BCUT2D eigenvalue weighted by molar-refractivity contribution is 0.354. The highest BCUT2D eigenvalue weighted by molar-refractivity contribution is 9.10. The van der Waals surface area contributed by atoms with Crippen molar-refractivity contribution in [3.63, 3.8) is 0 Å². The summed E-state index contributed by atoms with van der Waals surface area (Å²) in [6.45, 7) is 3.64. The monoisotopic (exact) mass is 425 g/mol. The van der Waals surface area contributed by atoms with Crippen LogP contribution in [0.4, 0.5) is 0 Å². The van der Waals surface area contributed by atoms with Gasteiger partial charge in [-0.3, -0.25) is 4.99 Å². The molecule has 0 aliphatic carbocycles. The van der Waals surface area contributed by atoms with Crippen molar-refractivity contribution in [2.75, 3.05) is 27.8 Å². The lowest BCUT2D eigenvalue weighted by Crippen LogP contribution is -2.38. The SMILES string of the molecule is CN=C(NCc1cc(OC)c(OC)cc1Br)NCC(C)c1ccsc1. The smallest absolute Gasteiger partial charge is 0.191 e. The van der Waals surface area contributed by atoms with Crippen LogP contribution in [0.3, 0.4) is 0 Å². The molecule has 136 valence electrons. The molecule has 0 bridgehead atoms. The molecule has 1 aromatic heterocycles. The first kappa shape index (κ1) is 19.6. The van der Waals surface area contributed by atoms with Crippen molar-refractivity contribution in [3.05, 3.63) is 44.6 Å². The van der Waals surface area contributed by atoms with Crippen LogP contribution in [0.2, 0.25) is 0 Å². The summed E-state index contributed by atoms with van der Waals surface area (Å²) in [5.41, 5.74) is 2.40. The largest absolute Gasteiger partial charge is 0.493 e. The fourth-order valence-electron chi connectivity index (χ4n) is 2.35. The van der Waals surface area contributed by atoms with Gasteiger partial charge < -0.3 is 20.1 Å². The van der Waals surface area contributed by atoms with Gasteiger partial charge in [-0.15, -0.1) is 0 Å². The highest BCUT2D eigenvalue weighted by atomic mass is 79.9. The molecule has 2 aromatic rings. The van der Waals surface area contributed by atoms with Gasteiger partial charge in [0.05, 0.1) is 14.2 Å². The van der Waals surface area contributed by atoms with Gasteiger partial charge in [0.2, 0.25) is 0 Å². The van der Waals surface area contributed by atoms with E-state index < -0.39 is 0 Å². The second kappa shape index (κ2) is 9.68. The number of nitrogens with one attached hydrogen (secondary N) is 2. The molecule has 0 saturated carbocycles. The molecule has 0 aliphatic heterocycles. The van der Waals surface area contributed by atoms with Gasteiger partial charge in [0, 0.05) is 24.6 Å². The lowest BCUT2D eigenvalue weighted by Gasteiger charge is -2.17. The average molecular weight is 426 g/mol. The third kappa shape index (κ3) is 5.37. The number of hydrogen-bond acceptors (Lipinski definition) is 4.